The van der Waals surface area contributed by atoms with E-state index in [1.165, 1.54) is 20.9 Å². The number of nitrogens with zero attached hydrogens (tertiary/aromatic N) is 1. The van der Waals surface area contributed by atoms with E-state index in [2.05, 4.69) is 0 Å². The highest BCUT2D eigenvalue weighted by Gasteiger charge is 2.32. The van der Waals surface area contributed by atoms with Crippen molar-refractivity contribution >= 4 is 17.7 Å². The highest BCUT2D eigenvalue weighted by atomic mass is 16.3. The first-order valence-electron chi connectivity index (χ1n) is 12.5. The molecule has 2 rings (SSSR count). The summed E-state index contributed by atoms with van der Waals surface area (Å²) in [4.78, 5) is 39.7. The van der Waals surface area contributed by atoms with E-state index in [1.807, 2.05) is 5.32 Å². The van der Waals surface area contributed by atoms with Gasteiger partial charge < -0.3 is 20.6 Å². The van der Waals surface area contributed by atoms with Gasteiger partial charge in [0.25, 0.3) is 0 Å². The molecule has 0 spiro atoms. The van der Waals surface area contributed by atoms with Crippen molar-refractivity contribution in [1.82, 2.24) is 15.5 Å². The molecule has 0 fully saturated rings. The zero-order chi connectivity index (χ0) is 27.3. The van der Waals surface area contributed by atoms with E-state index in [1.54, 1.807) is 5.32 Å². The standard InChI is InChI=1S/C19H27N3O4/c1-11(2)16(23)18(25)20-12(3)17(24)21-15-14-8-6-5-7-13(14)9-10-22(4)19(15)26/h5-8,11-12,15-16,23H,9-10H2,1-4H3,(H,20,25)(H,21,24)/t12-,15-,16-/m0/s1/i3D3,5D,6D,7D,8D,12D,15D. The van der Waals surface area contributed by atoms with Gasteiger partial charge in [-0.05, 0) is 30.3 Å². The number of likely N-dealkylation sites (N-methyl/N-ethyl adjacent to an activating group) is 1. The number of rotatable bonds is 5. The Balaban J connectivity index is 2.69. The third-order valence-corrected chi connectivity index (χ3v) is 3.89. The Morgan fingerprint density at radius 3 is 2.77 bits per heavy atom. The fraction of sp³-hybridized carbons (Fsp3) is 0.526. The average Bonchev–Trinajstić information content (AvgIpc) is 2.84. The molecule has 0 saturated heterocycles. The van der Waals surface area contributed by atoms with Gasteiger partial charge in [-0.2, -0.15) is 0 Å². The van der Waals surface area contributed by atoms with Gasteiger partial charge in [0.15, 0.2) is 0 Å². The van der Waals surface area contributed by atoms with Crippen LogP contribution < -0.4 is 10.6 Å². The molecule has 0 radical (unpaired) electrons. The molecular formula is C19H27N3O4. The predicted molar refractivity (Wildman–Crippen MR) is 97.1 cm³/mol. The second-order valence-electron chi connectivity index (χ2n) is 6.21. The van der Waals surface area contributed by atoms with Crippen LogP contribution in [0.3, 0.4) is 0 Å². The van der Waals surface area contributed by atoms with Crippen LogP contribution in [0.2, 0.25) is 0 Å². The minimum atomic E-state index is -3.53. The number of fused-ring (bicyclic) bond motifs is 1. The van der Waals surface area contributed by atoms with Gasteiger partial charge in [-0.1, -0.05) is 38.0 Å². The number of carbonyl (C=O) groups is 3. The Kier molecular flexibility index (Phi) is 3.41. The monoisotopic (exact) mass is 370 g/mol. The molecule has 1 heterocycles. The van der Waals surface area contributed by atoms with Gasteiger partial charge in [0.2, 0.25) is 17.7 Å². The predicted octanol–water partition coefficient (Wildman–Crippen LogP) is 0.380. The number of amides is 3. The summed E-state index contributed by atoms with van der Waals surface area (Å²) in [5.41, 5.74) is -0.722. The number of hydrogen-bond acceptors (Lipinski definition) is 4. The normalized spacial score (nSPS) is 28.9. The van der Waals surface area contributed by atoms with Crippen LogP contribution in [-0.4, -0.2) is 53.4 Å². The number of aliphatic hydroxyl groups is 1. The first-order valence-corrected chi connectivity index (χ1v) is 7.99. The lowest BCUT2D eigenvalue weighted by Gasteiger charge is -2.24. The van der Waals surface area contributed by atoms with Crippen LogP contribution in [0.5, 0.6) is 0 Å². The zero-order valence-electron chi connectivity index (χ0n) is 23.7. The molecule has 7 nitrogen and oxygen atoms in total. The molecule has 0 bridgehead atoms. The van der Waals surface area contributed by atoms with Gasteiger partial charge in [-0.25, -0.2) is 0 Å². The second-order valence-corrected chi connectivity index (χ2v) is 6.21. The molecule has 1 aliphatic heterocycles. The summed E-state index contributed by atoms with van der Waals surface area (Å²) >= 11 is 0. The van der Waals surface area contributed by atoms with Crippen LogP contribution in [0.15, 0.2) is 24.2 Å². The Bertz CT molecular complexity index is 1070. The lowest BCUT2D eigenvalue weighted by atomic mass is 9.99. The highest BCUT2D eigenvalue weighted by Crippen LogP contribution is 2.24. The van der Waals surface area contributed by atoms with Gasteiger partial charge in [0, 0.05) is 17.7 Å². The van der Waals surface area contributed by atoms with E-state index in [0.29, 0.717) is 0 Å². The SMILES string of the molecule is [2H]c1c([2H])c([2H])c2c(c1[2H])CCN(C)C(=O)[C@@]2([2H])NC(=O)[C@@]([2H])(NC(=O)[C@@H](O)C(C)C)C([2H])([2H])[2H]. The molecule has 7 heteroatoms. The van der Waals surface area contributed by atoms with Gasteiger partial charge in [0.05, 0.1) is 8.22 Å². The van der Waals surface area contributed by atoms with E-state index >= 15 is 0 Å². The third-order valence-electron chi connectivity index (χ3n) is 3.89. The van der Waals surface area contributed by atoms with E-state index in [-0.39, 0.29) is 18.5 Å². The third kappa shape index (κ3) is 4.40. The summed E-state index contributed by atoms with van der Waals surface area (Å²) in [7, 11) is 1.26. The van der Waals surface area contributed by atoms with Crippen molar-refractivity contribution in [3.8, 4) is 0 Å². The van der Waals surface area contributed by atoms with Crippen molar-refractivity contribution < 1.29 is 31.8 Å². The van der Waals surface area contributed by atoms with Crippen LogP contribution in [0, 0.1) is 5.92 Å². The molecule has 26 heavy (non-hydrogen) atoms. The van der Waals surface area contributed by atoms with Gasteiger partial charge in [-0.3, -0.25) is 14.4 Å². The number of hydrogen-bond donors (Lipinski definition) is 3. The van der Waals surface area contributed by atoms with Crippen molar-refractivity contribution in [2.75, 3.05) is 13.6 Å². The largest absolute Gasteiger partial charge is 0.383 e. The summed E-state index contributed by atoms with van der Waals surface area (Å²) in [6.07, 6.45) is -1.86. The molecule has 0 unspecified atom stereocenters. The van der Waals surface area contributed by atoms with Crippen LogP contribution in [0.1, 0.15) is 50.2 Å². The Labute approximate surface area is 166 Å². The molecule has 3 N–H and O–H groups in total. The van der Waals surface area contributed by atoms with Crippen molar-refractivity contribution in [2.24, 2.45) is 5.92 Å². The van der Waals surface area contributed by atoms with Crippen molar-refractivity contribution in [2.45, 2.75) is 45.3 Å². The Morgan fingerprint density at radius 1 is 1.42 bits per heavy atom. The smallest absolute Gasteiger partial charge is 0.249 e. The number of carbonyl (C=O) groups excluding carboxylic acids is 3. The number of nitrogens with one attached hydrogen (secondary N) is 2. The minimum Gasteiger partial charge on any atom is -0.383 e. The lowest BCUT2D eigenvalue weighted by molar-refractivity contribution is -0.137. The average molecular weight is 370 g/mol. The highest BCUT2D eigenvalue weighted by molar-refractivity contribution is 5.93. The molecular weight excluding hydrogens is 334 g/mol. The quantitative estimate of drug-likeness (QED) is 0.698. The first-order chi connectivity index (χ1) is 15.8. The van der Waals surface area contributed by atoms with E-state index < -0.39 is 78.4 Å². The molecule has 1 aliphatic rings. The maximum absolute atomic E-state index is 13.2. The molecule has 3 amide bonds. The summed E-state index contributed by atoms with van der Waals surface area (Å²) in [5, 5.41) is 13.5. The van der Waals surface area contributed by atoms with E-state index in [4.69, 9.17) is 12.3 Å². The van der Waals surface area contributed by atoms with Crippen molar-refractivity contribution in [3.63, 3.8) is 0 Å². The zero-order valence-corrected chi connectivity index (χ0v) is 14.7. The number of aliphatic hydroxyl groups excluding tert-OH is 1. The maximum atomic E-state index is 13.2. The van der Waals surface area contributed by atoms with Gasteiger partial charge in [0.1, 0.15) is 18.1 Å². The summed E-state index contributed by atoms with van der Waals surface area (Å²) in [6.45, 7) is -0.728. The minimum absolute atomic E-state index is 0.0763. The topological polar surface area (TPSA) is 98.7 Å². The van der Waals surface area contributed by atoms with Crippen LogP contribution in [0.25, 0.3) is 0 Å². The lowest BCUT2D eigenvalue weighted by Crippen LogP contribution is -2.51. The molecule has 0 aliphatic carbocycles. The fourth-order valence-electron chi connectivity index (χ4n) is 2.27. The summed E-state index contributed by atoms with van der Waals surface area (Å²) in [6, 6.07) is -9.12. The molecule has 0 saturated carbocycles. The maximum Gasteiger partial charge on any atom is 0.249 e. The van der Waals surface area contributed by atoms with Crippen molar-refractivity contribution in [3.05, 3.63) is 35.3 Å². The van der Waals surface area contributed by atoms with Crippen LogP contribution >= 0.6 is 0 Å². The van der Waals surface area contributed by atoms with Gasteiger partial charge >= 0.3 is 0 Å². The summed E-state index contributed by atoms with van der Waals surface area (Å²) in [5.74, 6) is -4.98. The van der Waals surface area contributed by atoms with Crippen LogP contribution in [-0.2, 0) is 20.8 Å². The first kappa shape index (κ1) is 10.7. The van der Waals surface area contributed by atoms with Gasteiger partial charge in [-0.15, -0.1) is 0 Å². The van der Waals surface area contributed by atoms with E-state index in [9.17, 15) is 19.5 Å². The molecule has 1 aromatic carbocycles. The van der Waals surface area contributed by atoms with E-state index in [0.717, 1.165) is 4.90 Å². The molecule has 142 valence electrons. The molecule has 1 aromatic rings. The summed E-state index contributed by atoms with van der Waals surface area (Å²) < 4.78 is 72.4. The molecule has 3 atom stereocenters. The fourth-order valence-corrected chi connectivity index (χ4v) is 2.27. The molecule has 0 aromatic heterocycles. The van der Waals surface area contributed by atoms with Crippen molar-refractivity contribution in [1.29, 1.82) is 0 Å². The number of benzene rings is 1. The Hall–Kier alpha value is -2.41. The second kappa shape index (κ2) is 8.31. The Morgan fingerprint density at radius 2 is 2.12 bits per heavy atom. The van der Waals surface area contributed by atoms with Crippen LogP contribution in [0.4, 0.5) is 0 Å².